The van der Waals surface area contributed by atoms with Gasteiger partial charge in [-0.1, -0.05) is 29.3 Å². The number of benzene rings is 2. The smallest absolute Gasteiger partial charge is 0.243 e. The molecule has 0 saturated heterocycles. The average Bonchev–Trinajstić information content (AvgIpc) is 3.37. The standard InChI is InChI=1S/C27H31ClN2O5S2/c1-20-4-10-23(11-5-20)37(32,33)29(14-3-16-34-2)18-27(31)30-15-12-26-24(13-17-36-26)25(30)19-35-22-8-6-21(28)7-9-22/h4-11,13,17,25H,3,12,14-16,18-19H2,1-2H3. The zero-order valence-corrected chi connectivity index (χ0v) is 23.3. The maximum atomic E-state index is 13.7. The Balaban J connectivity index is 1.55. The first-order valence-electron chi connectivity index (χ1n) is 12.1. The van der Waals surface area contributed by atoms with Gasteiger partial charge in [0.25, 0.3) is 0 Å². The van der Waals surface area contributed by atoms with Gasteiger partial charge in [0, 0.05) is 36.7 Å². The van der Waals surface area contributed by atoms with Crippen LogP contribution in [-0.4, -0.2) is 63.5 Å². The molecule has 1 unspecified atom stereocenters. The summed E-state index contributed by atoms with van der Waals surface area (Å²) in [5, 5.41) is 2.64. The first-order valence-corrected chi connectivity index (χ1v) is 14.8. The third kappa shape index (κ3) is 6.72. The molecule has 1 aliphatic heterocycles. The fourth-order valence-electron chi connectivity index (χ4n) is 4.35. The molecule has 4 rings (SSSR count). The van der Waals surface area contributed by atoms with E-state index >= 15 is 0 Å². The Bertz CT molecular complexity index is 1290. The third-order valence-corrected chi connectivity index (χ3v) is 9.47. The van der Waals surface area contributed by atoms with E-state index < -0.39 is 10.0 Å². The number of sulfonamides is 1. The van der Waals surface area contributed by atoms with Gasteiger partial charge in [0.2, 0.25) is 15.9 Å². The summed E-state index contributed by atoms with van der Waals surface area (Å²) >= 11 is 7.66. The monoisotopic (exact) mass is 562 g/mol. The summed E-state index contributed by atoms with van der Waals surface area (Å²) in [5.41, 5.74) is 2.01. The Labute approximate surface area is 227 Å². The van der Waals surface area contributed by atoms with Crippen molar-refractivity contribution in [2.75, 3.05) is 40.0 Å². The second kappa shape index (κ2) is 12.4. The number of ether oxygens (including phenoxy) is 2. The average molecular weight is 563 g/mol. The molecule has 1 atom stereocenters. The molecule has 2 heterocycles. The van der Waals surface area contributed by atoms with Crippen molar-refractivity contribution in [1.82, 2.24) is 9.21 Å². The van der Waals surface area contributed by atoms with Gasteiger partial charge in [-0.25, -0.2) is 8.42 Å². The second-order valence-electron chi connectivity index (χ2n) is 8.91. The summed E-state index contributed by atoms with van der Waals surface area (Å²) in [6, 6.07) is 15.5. The highest BCUT2D eigenvalue weighted by Gasteiger charge is 2.35. The number of rotatable bonds is 11. The number of halogens is 1. The normalized spacial score (nSPS) is 15.6. The molecule has 1 aliphatic rings. The van der Waals surface area contributed by atoms with Gasteiger partial charge in [-0.15, -0.1) is 11.3 Å². The van der Waals surface area contributed by atoms with Gasteiger partial charge >= 0.3 is 0 Å². The van der Waals surface area contributed by atoms with Crippen molar-refractivity contribution in [3.63, 3.8) is 0 Å². The van der Waals surface area contributed by atoms with Crippen LogP contribution in [0.15, 0.2) is 64.9 Å². The fourth-order valence-corrected chi connectivity index (χ4v) is 6.83. The van der Waals surface area contributed by atoms with Crippen LogP contribution in [-0.2, 0) is 26.0 Å². The molecule has 0 N–H and O–H groups in total. The summed E-state index contributed by atoms with van der Waals surface area (Å²) in [7, 11) is -2.30. The van der Waals surface area contributed by atoms with Crippen molar-refractivity contribution in [1.29, 1.82) is 0 Å². The van der Waals surface area contributed by atoms with Gasteiger partial charge in [0.05, 0.1) is 17.5 Å². The molecule has 0 fully saturated rings. The lowest BCUT2D eigenvalue weighted by Crippen LogP contribution is -2.48. The minimum atomic E-state index is -3.87. The molecule has 2 aromatic carbocycles. The van der Waals surface area contributed by atoms with E-state index in [-0.39, 0.29) is 36.5 Å². The SMILES string of the molecule is COCCCN(CC(=O)N1CCc2sccc2C1COc1ccc(Cl)cc1)S(=O)(=O)c1ccc(C)cc1. The van der Waals surface area contributed by atoms with Crippen LogP contribution in [0.4, 0.5) is 0 Å². The number of carbonyl (C=O) groups excluding carboxylic acids is 1. The summed E-state index contributed by atoms with van der Waals surface area (Å²) in [6.07, 6.45) is 1.21. The molecule has 0 spiro atoms. The lowest BCUT2D eigenvalue weighted by atomic mass is 10.0. The predicted octanol–water partition coefficient (Wildman–Crippen LogP) is 4.94. The lowest BCUT2D eigenvalue weighted by molar-refractivity contribution is -0.135. The van der Waals surface area contributed by atoms with Crippen LogP contribution in [0.25, 0.3) is 0 Å². The molecule has 0 saturated carbocycles. The van der Waals surface area contributed by atoms with Crippen molar-refractivity contribution in [2.45, 2.75) is 30.7 Å². The van der Waals surface area contributed by atoms with Crippen LogP contribution in [0.1, 0.15) is 28.5 Å². The highest BCUT2D eigenvalue weighted by Crippen LogP contribution is 2.34. The van der Waals surface area contributed by atoms with E-state index in [1.165, 1.54) is 9.18 Å². The van der Waals surface area contributed by atoms with E-state index in [1.54, 1.807) is 71.9 Å². The van der Waals surface area contributed by atoms with Crippen molar-refractivity contribution < 1.29 is 22.7 Å². The molecule has 0 aliphatic carbocycles. The third-order valence-electron chi connectivity index (χ3n) is 6.36. The Kier molecular flexibility index (Phi) is 9.26. The van der Waals surface area contributed by atoms with Gasteiger partial charge in [-0.3, -0.25) is 4.79 Å². The zero-order chi connectivity index (χ0) is 26.4. The molecule has 198 valence electrons. The first kappa shape index (κ1) is 27.6. The number of nitrogens with zero attached hydrogens (tertiary/aromatic N) is 2. The number of carbonyl (C=O) groups is 1. The van der Waals surface area contributed by atoms with Gasteiger partial charge in [-0.2, -0.15) is 4.31 Å². The van der Waals surface area contributed by atoms with E-state index in [0.29, 0.717) is 30.3 Å². The zero-order valence-electron chi connectivity index (χ0n) is 20.9. The summed E-state index contributed by atoms with van der Waals surface area (Å²) in [6.45, 7) is 2.98. The van der Waals surface area contributed by atoms with E-state index in [0.717, 1.165) is 17.5 Å². The summed E-state index contributed by atoms with van der Waals surface area (Å²) in [4.78, 5) is 16.8. The molecule has 0 radical (unpaired) electrons. The second-order valence-corrected chi connectivity index (χ2v) is 12.3. The van der Waals surface area contributed by atoms with Crippen molar-refractivity contribution >= 4 is 38.9 Å². The van der Waals surface area contributed by atoms with Crippen LogP contribution in [0.3, 0.4) is 0 Å². The Morgan fingerprint density at radius 3 is 2.57 bits per heavy atom. The van der Waals surface area contributed by atoms with Crippen molar-refractivity contribution in [2.24, 2.45) is 0 Å². The van der Waals surface area contributed by atoms with E-state index in [1.807, 2.05) is 18.4 Å². The van der Waals surface area contributed by atoms with Crippen LogP contribution in [0.2, 0.25) is 5.02 Å². The Morgan fingerprint density at radius 1 is 1.14 bits per heavy atom. The first-order chi connectivity index (χ1) is 17.8. The minimum absolute atomic E-state index is 0.171. The number of methoxy groups -OCH3 is 1. The molecule has 0 bridgehead atoms. The van der Waals surface area contributed by atoms with Crippen LogP contribution in [0, 0.1) is 6.92 Å². The van der Waals surface area contributed by atoms with E-state index in [2.05, 4.69) is 0 Å². The number of hydrogen-bond donors (Lipinski definition) is 0. The molecule has 7 nitrogen and oxygen atoms in total. The molecule has 1 amide bonds. The van der Waals surface area contributed by atoms with Crippen molar-refractivity contribution in [3.8, 4) is 5.75 Å². The fraction of sp³-hybridized carbons (Fsp3) is 0.370. The molecular weight excluding hydrogens is 532 g/mol. The van der Waals surface area contributed by atoms with Gasteiger partial charge in [0.15, 0.2) is 0 Å². The molecule has 1 aromatic heterocycles. The highest BCUT2D eigenvalue weighted by molar-refractivity contribution is 7.89. The van der Waals surface area contributed by atoms with Gasteiger partial charge in [-0.05, 0) is 73.2 Å². The number of fused-ring (bicyclic) bond motifs is 1. The molecule has 10 heteroatoms. The maximum Gasteiger partial charge on any atom is 0.243 e. The topological polar surface area (TPSA) is 76.2 Å². The number of amides is 1. The molecule has 37 heavy (non-hydrogen) atoms. The quantitative estimate of drug-likeness (QED) is 0.309. The highest BCUT2D eigenvalue weighted by atomic mass is 35.5. The summed E-state index contributed by atoms with van der Waals surface area (Å²) < 4.78 is 39.5. The molecular formula is C27H31ClN2O5S2. The number of aryl methyl sites for hydroxylation is 1. The Morgan fingerprint density at radius 2 is 1.86 bits per heavy atom. The molecule has 3 aromatic rings. The van der Waals surface area contributed by atoms with E-state index in [9.17, 15) is 13.2 Å². The van der Waals surface area contributed by atoms with Crippen LogP contribution >= 0.6 is 22.9 Å². The van der Waals surface area contributed by atoms with Crippen molar-refractivity contribution in [3.05, 3.63) is 81.0 Å². The predicted molar refractivity (Wildman–Crippen MR) is 146 cm³/mol. The maximum absolute atomic E-state index is 13.7. The number of thiophene rings is 1. The largest absolute Gasteiger partial charge is 0.491 e. The minimum Gasteiger partial charge on any atom is -0.491 e. The Hall–Kier alpha value is -2.43. The van der Waals surface area contributed by atoms with E-state index in [4.69, 9.17) is 21.1 Å². The van der Waals surface area contributed by atoms with Crippen LogP contribution < -0.4 is 4.74 Å². The number of hydrogen-bond acceptors (Lipinski definition) is 6. The van der Waals surface area contributed by atoms with Crippen LogP contribution in [0.5, 0.6) is 5.75 Å². The lowest BCUT2D eigenvalue weighted by Gasteiger charge is -2.37. The summed E-state index contributed by atoms with van der Waals surface area (Å²) in [5.74, 6) is 0.400. The van der Waals surface area contributed by atoms with Gasteiger partial charge < -0.3 is 14.4 Å². The van der Waals surface area contributed by atoms with Gasteiger partial charge in [0.1, 0.15) is 12.4 Å².